The predicted molar refractivity (Wildman–Crippen MR) is 72.7 cm³/mol. The Balaban J connectivity index is 2.23. The fourth-order valence-corrected chi connectivity index (χ4v) is 2.06. The van der Waals surface area contributed by atoms with Gasteiger partial charge in [-0.15, -0.1) is 0 Å². The molecule has 0 bridgehead atoms. The van der Waals surface area contributed by atoms with Crippen LogP contribution >= 0.6 is 0 Å². The van der Waals surface area contributed by atoms with Crippen LogP contribution in [0.4, 0.5) is 0 Å². The standard InChI is InChI=1S/C15H18N2O/c1-16-14(11-12-7-4-3-5-8-12)13-9-6-10-17-15(13)18-2/h3-10,14,16H,11H2,1-2H3. The molecule has 0 saturated heterocycles. The van der Waals surface area contributed by atoms with Crippen LogP contribution in [-0.4, -0.2) is 19.1 Å². The number of nitrogens with one attached hydrogen (secondary N) is 1. The molecule has 0 aliphatic heterocycles. The van der Waals surface area contributed by atoms with E-state index in [1.54, 1.807) is 13.3 Å². The van der Waals surface area contributed by atoms with E-state index < -0.39 is 0 Å². The third kappa shape index (κ3) is 2.87. The van der Waals surface area contributed by atoms with Crippen LogP contribution in [0.5, 0.6) is 5.88 Å². The largest absolute Gasteiger partial charge is 0.481 e. The van der Waals surface area contributed by atoms with Crippen LogP contribution in [0.3, 0.4) is 0 Å². The number of rotatable bonds is 5. The molecule has 0 radical (unpaired) electrons. The van der Waals surface area contributed by atoms with Crippen LogP contribution in [0.2, 0.25) is 0 Å². The zero-order valence-corrected chi connectivity index (χ0v) is 10.8. The molecular weight excluding hydrogens is 224 g/mol. The lowest BCUT2D eigenvalue weighted by Gasteiger charge is -2.18. The first kappa shape index (κ1) is 12.6. The molecule has 3 nitrogen and oxygen atoms in total. The lowest BCUT2D eigenvalue weighted by Crippen LogP contribution is -2.19. The fraction of sp³-hybridized carbons (Fsp3) is 0.267. The van der Waals surface area contributed by atoms with E-state index in [-0.39, 0.29) is 6.04 Å². The number of methoxy groups -OCH3 is 1. The second kappa shape index (κ2) is 6.17. The van der Waals surface area contributed by atoms with Crippen molar-refractivity contribution in [1.82, 2.24) is 10.3 Å². The molecular formula is C15H18N2O. The van der Waals surface area contributed by atoms with E-state index >= 15 is 0 Å². The number of likely N-dealkylation sites (N-methyl/N-ethyl adjacent to an activating group) is 1. The highest BCUT2D eigenvalue weighted by atomic mass is 16.5. The van der Waals surface area contributed by atoms with Gasteiger partial charge in [0.1, 0.15) is 0 Å². The van der Waals surface area contributed by atoms with Crippen LogP contribution < -0.4 is 10.1 Å². The van der Waals surface area contributed by atoms with Gasteiger partial charge in [0.15, 0.2) is 0 Å². The quantitative estimate of drug-likeness (QED) is 0.875. The molecule has 0 saturated carbocycles. The average Bonchev–Trinajstić information content (AvgIpc) is 2.46. The summed E-state index contributed by atoms with van der Waals surface area (Å²) in [7, 11) is 3.61. The molecule has 0 aliphatic carbocycles. The van der Waals surface area contributed by atoms with Crippen molar-refractivity contribution in [1.29, 1.82) is 0 Å². The Kier molecular flexibility index (Phi) is 4.31. The topological polar surface area (TPSA) is 34.2 Å². The van der Waals surface area contributed by atoms with Crippen LogP contribution in [0.25, 0.3) is 0 Å². The number of aromatic nitrogens is 1. The van der Waals surface area contributed by atoms with Crippen LogP contribution in [0.1, 0.15) is 17.2 Å². The molecule has 18 heavy (non-hydrogen) atoms. The van der Waals surface area contributed by atoms with Gasteiger partial charge in [-0.25, -0.2) is 4.98 Å². The van der Waals surface area contributed by atoms with Crippen molar-refractivity contribution >= 4 is 0 Å². The maximum absolute atomic E-state index is 5.31. The van der Waals surface area contributed by atoms with Crippen molar-refractivity contribution in [3.05, 3.63) is 59.8 Å². The van der Waals surface area contributed by atoms with Gasteiger partial charge in [-0.3, -0.25) is 0 Å². The zero-order chi connectivity index (χ0) is 12.8. The molecule has 1 unspecified atom stereocenters. The van der Waals surface area contributed by atoms with E-state index in [2.05, 4.69) is 40.6 Å². The summed E-state index contributed by atoms with van der Waals surface area (Å²) in [6.45, 7) is 0. The number of ether oxygens (including phenoxy) is 1. The van der Waals surface area contributed by atoms with Gasteiger partial charge in [-0.1, -0.05) is 36.4 Å². The van der Waals surface area contributed by atoms with Crippen molar-refractivity contribution in [3.8, 4) is 5.88 Å². The number of hydrogen-bond donors (Lipinski definition) is 1. The van der Waals surface area contributed by atoms with Crippen molar-refractivity contribution < 1.29 is 4.74 Å². The summed E-state index contributed by atoms with van der Waals surface area (Å²) in [4.78, 5) is 4.25. The maximum atomic E-state index is 5.31. The second-order valence-electron chi connectivity index (χ2n) is 4.13. The predicted octanol–water partition coefficient (Wildman–Crippen LogP) is 2.59. The molecule has 1 heterocycles. The molecule has 94 valence electrons. The zero-order valence-electron chi connectivity index (χ0n) is 10.8. The first-order chi connectivity index (χ1) is 8.85. The first-order valence-electron chi connectivity index (χ1n) is 6.05. The number of nitrogens with zero attached hydrogens (tertiary/aromatic N) is 1. The summed E-state index contributed by atoms with van der Waals surface area (Å²) >= 11 is 0. The van der Waals surface area contributed by atoms with E-state index in [0.717, 1.165) is 12.0 Å². The molecule has 0 spiro atoms. The fourth-order valence-electron chi connectivity index (χ4n) is 2.06. The molecule has 2 rings (SSSR count). The van der Waals surface area contributed by atoms with E-state index in [9.17, 15) is 0 Å². The molecule has 0 aliphatic rings. The minimum absolute atomic E-state index is 0.205. The third-order valence-electron chi connectivity index (χ3n) is 3.00. The van der Waals surface area contributed by atoms with E-state index in [1.165, 1.54) is 5.56 Å². The maximum Gasteiger partial charge on any atom is 0.217 e. The van der Waals surface area contributed by atoms with Gasteiger partial charge in [0, 0.05) is 17.8 Å². The van der Waals surface area contributed by atoms with Gasteiger partial charge >= 0.3 is 0 Å². The summed E-state index contributed by atoms with van der Waals surface area (Å²) in [5.41, 5.74) is 2.38. The van der Waals surface area contributed by atoms with Gasteiger partial charge in [0.25, 0.3) is 0 Å². The monoisotopic (exact) mass is 242 g/mol. The molecule has 1 atom stereocenters. The second-order valence-corrected chi connectivity index (χ2v) is 4.13. The van der Waals surface area contributed by atoms with E-state index in [0.29, 0.717) is 5.88 Å². The highest BCUT2D eigenvalue weighted by Gasteiger charge is 2.15. The lowest BCUT2D eigenvalue weighted by molar-refractivity contribution is 0.384. The smallest absolute Gasteiger partial charge is 0.217 e. The third-order valence-corrected chi connectivity index (χ3v) is 3.00. The summed E-state index contributed by atoms with van der Waals surface area (Å²) in [6.07, 6.45) is 2.66. The van der Waals surface area contributed by atoms with Crippen molar-refractivity contribution in [3.63, 3.8) is 0 Å². The molecule has 2 aromatic rings. The molecule has 1 N–H and O–H groups in total. The van der Waals surface area contributed by atoms with Gasteiger partial charge in [-0.05, 0) is 25.1 Å². The number of pyridine rings is 1. The van der Waals surface area contributed by atoms with Gasteiger partial charge in [0.05, 0.1) is 7.11 Å². The van der Waals surface area contributed by atoms with Crippen LogP contribution in [0, 0.1) is 0 Å². The van der Waals surface area contributed by atoms with Crippen molar-refractivity contribution in [2.24, 2.45) is 0 Å². The Morgan fingerprint density at radius 3 is 2.61 bits per heavy atom. The minimum Gasteiger partial charge on any atom is -0.481 e. The Morgan fingerprint density at radius 1 is 1.17 bits per heavy atom. The van der Waals surface area contributed by atoms with Gasteiger partial charge < -0.3 is 10.1 Å². The minimum atomic E-state index is 0.205. The molecule has 0 fully saturated rings. The van der Waals surface area contributed by atoms with Gasteiger partial charge in [0.2, 0.25) is 5.88 Å². The molecule has 1 aromatic carbocycles. The molecule has 3 heteroatoms. The summed E-state index contributed by atoms with van der Waals surface area (Å²) in [5, 5.41) is 3.32. The molecule has 0 amide bonds. The van der Waals surface area contributed by atoms with Crippen molar-refractivity contribution in [2.75, 3.05) is 14.2 Å². The summed E-state index contributed by atoms with van der Waals surface area (Å²) in [6, 6.07) is 14.6. The SMILES string of the molecule is CNC(Cc1ccccc1)c1cccnc1OC. The number of hydrogen-bond acceptors (Lipinski definition) is 3. The number of benzene rings is 1. The Hall–Kier alpha value is -1.87. The van der Waals surface area contributed by atoms with Crippen LogP contribution in [-0.2, 0) is 6.42 Å². The lowest BCUT2D eigenvalue weighted by atomic mass is 10.00. The molecule has 1 aromatic heterocycles. The Morgan fingerprint density at radius 2 is 1.94 bits per heavy atom. The normalized spacial score (nSPS) is 12.1. The average molecular weight is 242 g/mol. The van der Waals surface area contributed by atoms with E-state index in [4.69, 9.17) is 4.74 Å². The highest BCUT2D eigenvalue weighted by molar-refractivity contribution is 5.31. The Labute approximate surface area is 108 Å². The highest BCUT2D eigenvalue weighted by Crippen LogP contribution is 2.24. The summed E-state index contributed by atoms with van der Waals surface area (Å²) in [5.74, 6) is 0.688. The van der Waals surface area contributed by atoms with E-state index in [1.807, 2.05) is 19.2 Å². The summed E-state index contributed by atoms with van der Waals surface area (Å²) < 4.78 is 5.31. The Bertz CT molecular complexity index is 485. The van der Waals surface area contributed by atoms with Gasteiger partial charge in [-0.2, -0.15) is 0 Å². The van der Waals surface area contributed by atoms with Crippen LogP contribution in [0.15, 0.2) is 48.7 Å². The first-order valence-corrected chi connectivity index (χ1v) is 6.05. The van der Waals surface area contributed by atoms with Crippen molar-refractivity contribution in [2.45, 2.75) is 12.5 Å².